The summed E-state index contributed by atoms with van der Waals surface area (Å²) in [6, 6.07) is 5.50. The Hall–Kier alpha value is -1.13. The summed E-state index contributed by atoms with van der Waals surface area (Å²) in [4.78, 5) is 9.73. The molecule has 0 bridgehead atoms. The molecule has 1 N–H and O–H groups in total. The lowest BCUT2D eigenvalue weighted by Crippen LogP contribution is -2.50. The van der Waals surface area contributed by atoms with Crippen LogP contribution in [0.5, 0.6) is 0 Å². The molecule has 0 aromatic carbocycles. The van der Waals surface area contributed by atoms with Gasteiger partial charge in [-0.25, -0.2) is 4.98 Å². The SMILES string of the molecule is CNC(C)c1ccc(N2CCN3CCCC3C2)nc1. The maximum atomic E-state index is 4.65. The fourth-order valence-electron chi connectivity index (χ4n) is 3.21. The van der Waals surface area contributed by atoms with Crippen molar-refractivity contribution in [2.24, 2.45) is 0 Å². The topological polar surface area (TPSA) is 31.4 Å². The van der Waals surface area contributed by atoms with Crippen LogP contribution in [0, 0.1) is 0 Å². The van der Waals surface area contributed by atoms with Crippen molar-refractivity contribution < 1.29 is 0 Å². The third kappa shape index (κ3) is 2.60. The Kier molecular flexibility index (Phi) is 3.71. The van der Waals surface area contributed by atoms with Crippen molar-refractivity contribution >= 4 is 5.82 Å². The lowest BCUT2D eigenvalue weighted by molar-refractivity contribution is 0.230. The van der Waals surface area contributed by atoms with Crippen LogP contribution in [0.1, 0.15) is 31.4 Å². The lowest BCUT2D eigenvalue weighted by Gasteiger charge is -2.38. The van der Waals surface area contributed by atoms with Crippen molar-refractivity contribution in [2.45, 2.75) is 31.8 Å². The normalized spacial score (nSPS) is 25.4. The van der Waals surface area contributed by atoms with Gasteiger partial charge in [0, 0.05) is 37.9 Å². The molecule has 0 radical (unpaired) electrons. The number of hydrogen-bond acceptors (Lipinski definition) is 4. The molecule has 2 fully saturated rings. The van der Waals surface area contributed by atoms with E-state index in [0.717, 1.165) is 24.9 Å². The van der Waals surface area contributed by atoms with Gasteiger partial charge in [0.05, 0.1) is 0 Å². The Bertz CT molecular complexity index is 417. The lowest BCUT2D eigenvalue weighted by atomic mass is 10.1. The van der Waals surface area contributed by atoms with Gasteiger partial charge in [0.25, 0.3) is 0 Å². The molecular weight excluding hydrogens is 236 g/mol. The fourth-order valence-corrected chi connectivity index (χ4v) is 3.21. The van der Waals surface area contributed by atoms with Crippen LogP contribution in [0.25, 0.3) is 0 Å². The van der Waals surface area contributed by atoms with Gasteiger partial charge in [-0.1, -0.05) is 6.07 Å². The monoisotopic (exact) mass is 260 g/mol. The Morgan fingerprint density at radius 2 is 2.21 bits per heavy atom. The predicted octanol–water partition coefficient (Wildman–Crippen LogP) is 1.65. The van der Waals surface area contributed by atoms with Crippen LogP contribution in [-0.4, -0.2) is 49.2 Å². The number of nitrogens with one attached hydrogen (secondary N) is 1. The van der Waals surface area contributed by atoms with Crippen molar-refractivity contribution in [1.29, 1.82) is 0 Å². The average Bonchev–Trinajstić information content (AvgIpc) is 2.94. The minimum Gasteiger partial charge on any atom is -0.354 e. The van der Waals surface area contributed by atoms with Crippen molar-refractivity contribution in [1.82, 2.24) is 15.2 Å². The van der Waals surface area contributed by atoms with Gasteiger partial charge >= 0.3 is 0 Å². The van der Waals surface area contributed by atoms with Gasteiger partial charge in [0.15, 0.2) is 0 Å². The molecule has 19 heavy (non-hydrogen) atoms. The number of rotatable bonds is 3. The van der Waals surface area contributed by atoms with Crippen LogP contribution in [0.15, 0.2) is 18.3 Å². The maximum absolute atomic E-state index is 4.65. The average molecular weight is 260 g/mol. The van der Waals surface area contributed by atoms with E-state index in [9.17, 15) is 0 Å². The highest BCUT2D eigenvalue weighted by Gasteiger charge is 2.30. The fraction of sp³-hybridized carbons (Fsp3) is 0.667. The molecule has 2 atom stereocenters. The van der Waals surface area contributed by atoms with E-state index in [-0.39, 0.29) is 0 Å². The summed E-state index contributed by atoms with van der Waals surface area (Å²) >= 11 is 0. The first-order valence-electron chi connectivity index (χ1n) is 7.40. The minimum atomic E-state index is 0.369. The first-order valence-corrected chi connectivity index (χ1v) is 7.40. The molecule has 4 heteroatoms. The largest absolute Gasteiger partial charge is 0.354 e. The van der Waals surface area contributed by atoms with E-state index >= 15 is 0 Å². The minimum absolute atomic E-state index is 0.369. The van der Waals surface area contributed by atoms with Gasteiger partial charge in [-0.15, -0.1) is 0 Å². The van der Waals surface area contributed by atoms with Gasteiger partial charge in [0.2, 0.25) is 0 Å². The van der Waals surface area contributed by atoms with Crippen LogP contribution in [0.3, 0.4) is 0 Å². The second-order valence-corrected chi connectivity index (χ2v) is 5.74. The first-order chi connectivity index (χ1) is 9.28. The van der Waals surface area contributed by atoms with Gasteiger partial charge < -0.3 is 10.2 Å². The second-order valence-electron chi connectivity index (χ2n) is 5.74. The summed E-state index contributed by atoms with van der Waals surface area (Å²) in [6.45, 7) is 6.91. The zero-order valence-electron chi connectivity index (χ0n) is 12.0. The maximum Gasteiger partial charge on any atom is 0.128 e. The van der Waals surface area contributed by atoms with Gasteiger partial charge in [-0.3, -0.25) is 4.90 Å². The standard InChI is InChI=1S/C15H24N4/c1-12(16-2)13-5-6-15(17-10-13)19-9-8-18-7-3-4-14(18)11-19/h5-6,10,12,14,16H,3-4,7-9,11H2,1-2H3. The third-order valence-corrected chi connectivity index (χ3v) is 4.62. The molecule has 2 unspecified atom stereocenters. The third-order valence-electron chi connectivity index (χ3n) is 4.62. The summed E-state index contributed by atoms with van der Waals surface area (Å²) in [5.74, 6) is 1.14. The number of nitrogens with zero attached hydrogens (tertiary/aromatic N) is 3. The molecule has 0 aliphatic carbocycles. The van der Waals surface area contributed by atoms with E-state index in [1.807, 2.05) is 13.2 Å². The Morgan fingerprint density at radius 1 is 1.32 bits per heavy atom. The smallest absolute Gasteiger partial charge is 0.128 e. The molecule has 2 saturated heterocycles. The summed E-state index contributed by atoms with van der Waals surface area (Å²) in [5.41, 5.74) is 1.26. The molecule has 0 amide bonds. The van der Waals surface area contributed by atoms with Gasteiger partial charge in [-0.05, 0) is 45.0 Å². The highest BCUT2D eigenvalue weighted by molar-refractivity contribution is 5.40. The summed E-state index contributed by atoms with van der Waals surface area (Å²) in [7, 11) is 1.98. The van der Waals surface area contributed by atoms with Crippen molar-refractivity contribution in [3.8, 4) is 0 Å². The van der Waals surface area contributed by atoms with Crippen LogP contribution < -0.4 is 10.2 Å². The van der Waals surface area contributed by atoms with E-state index < -0.39 is 0 Å². The first kappa shape index (κ1) is 12.9. The summed E-state index contributed by atoms with van der Waals surface area (Å²) in [6.07, 6.45) is 4.73. The quantitative estimate of drug-likeness (QED) is 0.895. The number of pyridine rings is 1. The number of fused-ring (bicyclic) bond motifs is 1. The molecular formula is C15H24N4. The molecule has 2 aliphatic rings. The van der Waals surface area contributed by atoms with Crippen molar-refractivity contribution in [2.75, 3.05) is 38.1 Å². The van der Waals surface area contributed by atoms with Crippen LogP contribution >= 0.6 is 0 Å². The molecule has 3 heterocycles. The van der Waals surface area contributed by atoms with E-state index in [1.54, 1.807) is 0 Å². The van der Waals surface area contributed by atoms with E-state index in [4.69, 9.17) is 0 Å². The van der Waals surface area contributed by atoms with Gasteiger partial charge in [0.1, 0.15) is 5.82 Å². The molecule has 1 aromatic rings. The number of hydrogen-bond donors (Lipinski definition) is 1. The molecule has 104 valence electrons. The Balaban J connectivity index is 1.69. The molecule has 0 spiro atoms. The predicted molar refractivity (Wildman–Crippen MR) is 78.5 cm³/mol. The Morgan fingerprint density at radius 3 is 2.95 bits per heavy atom. The summed E-state index contributed by atoms with van der Waals surface area (Å²) < 4.78 is 0. The second kappa shape index (κ2) is 5.47. The number of anilines is 1. The summed E-state index contributed by atoms with van der Waals surface area (Å²) in [5, 5.41) is 3.25. The molecule has 2 aliphatic heterocycles. The zero-order chi connectivity index (χ0) is 13.2. The molecule has 0 saturated carbocycles. The highest BCUT2D eigenvalue weighted by Crippen LogP contribution is 2.24. The van der Waals surface area contributed by atoms with Crippen molar-refractivity contribution in [3.05, 3.63) is 23.9 Å². The Labute approximate surface area is 115 Å². The number of piperazine rings is 1. The molecule has 3 rings (SSSR count). The van der Waals surface area contributed by atoms with Crippen molar-refractivity contribution in [3.63, 3.8) is 0 Å². The zero-order valence-corrected chi connectivity index (χ0v) is 12.0. The van der Waals surface area contributed by atoms with E-state index in [0.29, 0.717) is 6.04 Å². The van der Waals surface area contributed by atoms with E-state index in [1.165, 1.54) is 31.5 Å². The van der Waals surface area contributed by atoms with E-state index in [2.05, 4.69) is 39.2 Å². The molecule has 4 nitrogen and oxygen atoms in total. The van der Waals surface area contributed by atoms with Gasteiger partial charge in [-0.2, -0.15) is 0 Å². The highest BCUT2D eigenvalue weighted by atomic mass is 15.3. The van der Waals surface area contributed by atoms with Crippen LogP contribution in [-0.2, 0) is 0 Å². The molecule has 1 aromatic heterocycles. The van der Waals surface area contributed by atoms with Crippen LogP contribution in [0.2, 0.25) is 0 Å². The number of aromatic nitrogens is 1. The van der Waals surface area contributed by atoms with Crippen LogP contribution in [0.4, 0.5) is 5.82 Å².